The molecule has 9 heavy (non-hydrogen) atoms. The highest BCUT2D eigenvalue weighted by Crippen LogP contribution is 2.03. The largest absolute Gasteiger partial charge is 0.0842 e. The van der Waals surface area contributed by atoms with Crippen molar-refractivity contribution in [2.24, 2.45) is 0 Å². The van der Waals surface area contributed by atoms with E-state index in [-0.39, 0.29) is 0 Å². The quantitative estimate of drug-likeness (QED) is 0.461. The van der Waals surface area contributed by atoms with Gasteiger partial charge in [-0.25, -0.2) is 0 Å². The third kappa shape index (κ3) is 2.31. The van der Waals surface area contributed by atoms with Crippen molar-refractivity contribution in [2.75, 3.05) is 0 Å². The van der Waals surface area contributed by atoms with Gasteiger partial charge in [0.25, 0.3) is 0 Å². The van der Waals surface area contributed by atoms with Crippen molar-refractivity contribution >= 4 is 0 Å². The normalized spacial score (nSPS) is 31.4. The fourth-order valence-electron chi connectivity index (χ4n) is 0.833. The van der Waals surface area contributed by atoms with Crippen molar-refractivity contribution in [1.29, 1.82) is 0 Å². The Morgan fingerprint density at radius 1 is 1.22 bits per heavy atom. The first kappa shape index (κ1) is 6.34. The van der Waals surface area contributed by atoms with Crippen LogP contribution < -0.4 is 0 Å². The molecule has 0 unspecified atom stereocenters. The van der Waals surface area contributed by atoms with Crippen LogP contribution in [0, 0.1) is 0 Å². The summed E-state index contributed by atoms with van der Waals surface area (Å²) in [6, 6.07) is 0. The molecule has 0 saturated carbocycles. The summed E-state index contributed by atoms with van der Waals surface area (Å²) in [5.41, 5.74) is 1.34. The number of allylic oxidation sites excluding steroid dienone is 6. The molecule has 0 nitrogen and oxygen atoms in total. The van der Waals surface area contributed by atoms with E-state index in [9.17, 15) is 0 Å². The standard InChI is InChI=1S/C9H12/c1-9-7-5-3-2-4-6-8-9/h3,5-8H,2,4H2,1H3/b5-3+,8-6-,9-7-. The molecule has 1 aliphatic rings. The third-order valence-electron chi connectivity index (χ3n) is 1.38. The predicted molar refractivity (Wildman–Crippen MR) is 41.3 cm³/mol. The topological polar surface area (TPSA) is 0 Å². The maximum atomic E-state index is 2.22. The van der Waals surface area contributed by atoms with Crippen LogP contribution in [0.1, 0.15) is 19.8 Å². The Hall–Kier alpha value is -0.780. The number of hydrogen-bond donors (Lipinski definition) is 0. The van der Waals surface area contributed by atoms with E-state index in [1.807, 2.05) is 0 Å². The van der Waals surface area contributed by atoms with Gasteiger partial charge in [-0.15, -0.1) is 0 Å². The highest BCUT2D eigenvalue weighted by molar-refractivity contribution is 5.22. The van der Waals surface area contributed by atoms with Crippen LogP contribution in [0.3, 0.4) is 0 Å². The minimum atomic E-state index is 1.18. The van der Waals surface area contributed by atoms with Gasteiger partial charge in [0.15, 0.2) is 0 Å². The molecular formula is C9H12. The lowest BCUT2D eigenvalue weighted by Crippen LogP contribution is -1.72. The molecule has 1 rings (SSSR count). The second kappa shape index (κ2) is 3.29. The SMILES string of the molecule is CC1=C/C=C/CC/C=C\1. The second-order valence-corrected chi connectivity index (χ2v) is 2.32. The van der Waals surface area contributed by atoms with E-state index in [4.69, 9.17) is 0 Å². The molecule has 0 amide bonds. The average Bonchev–Trinajstić information content (AvgIpc) is 1.79. The van der Waals surface area contributed by atoms with E-state index < -0.39 is 0 Å². The molecule has 0 aromatic rings. The second-order valence-electron chi connectivity index (χ2n) is 2.32. The zero-order valence-electron chi connectivity index (χ0n) is 5.80. The van der Waals surface area contributed by atoms with Crippen LogP contribution in [0.2, 0.25) is 0 Å². The molecule has 0 saturated heterocycles. The van der Waals surface area contributed by atoms with Crippen LogP contribution in [0.15, 0.2) is 36.0 Å². The summed E-state index contributed by atoms with van der Waals surface area (Å²) in [5, 5.41) is 0. The summed E-state index contributed by atoms with van der Waals surface area (Å²) in [6.45, 7) is 2.12. The van der Waals surface area contributed by atoms with Crippen LogP contribution in [-0.4, -0.2) is 0 Å². The Bertz CT molecular complexity index is 159. The van der Waals surface area contributed by atoms with Crippen LogP contribution in [0.5, 0.6) is 0 Å². The van der Waals surface area contributed by atoms with Crippen LogP contribution in [0.25, 0.3) is 0 Å². The van der Waals surface area contributed by atoms with Gasteiger partial charge in [-0.3, -0.25) is 0 Å². The monoisotopic (exact) mass is 120 g/mol. The summed E-state index contributed by atoms with van der Waals surface area (Å²) in [7, 11) is 0. The highest BCUT2D eigenvalue weighted by atomic mass is 13.9. The molecule has 0 atom stereocenters. The molecule has 0 heterocycles. The molecular weight excluding hydrogens is 108 g/mol. The molecule has 0 N–H and O–H groups in total. The van der Waals surface area contributed by atoms with E-state index in [1.165, 1.54) is 18.4 Å². The summed E-state index contributed by atoms with van der Waals surface area (Å²) in [5.74, 6) is 0. The first-order valence-corrected chi connectivity index (χ1v) is 3.39. The fourth-order valence-corrected chi connectivity index (χ4v) is 0.833. The lowest BCUT2D eigenvalue weighted by Gasteiger charge is -1.92. The van der Waals surface area contributed by atoms with E-state index in [0.717, 1.165) is 0 Å². The van der Waals surface area contributed by atoms with E-state index in [1.54, 1.807) is 0 Å². The third-order valence-corrected chi connectivity index (χ3v) is 1.38. The molecule has 0 bridgehead atoms. The van der Waals surface area contributed by atoms with E-state index >= 15 is 0 Å². The zero-order valence-corrected chi connectivity index (χ0v) is 5.80. The fraction of sp³-hybridized carbons (Fsp3) is 0.333. The molecule has 0 aromatic heterocycles. The van der Waals surface area contributed by atoms with Gasteiger partial charge in [0, 0.05) is 0 Å². The first-order valence-electron chi connectivity index (χ1n) is 3.39. The van der Waals surface area contributed by atoms with Gasteiger partial charge in [-0.2, -0.15) is 0 Å². The summed E-state index contributed by atoms with van der Waals surface area (Å²) < 4.78 is 0. The Balaban J connectivity index is 2.66. The molecule has 1 aliphatic carbocycles. The Labute approximate surface area is 56.6 Å². The number of rotatable bonds is 0. The molecule has 0 aliphatic heterocycles. The lowest BCUT2D eigenvalue weighted by atomic mass is 10.1. The van der Waals surface area contributed by atoms with Gasteiger partial charge in [0.1, 0.15) is 0 Å². The average molecular weight is 120 g/mol. The summed E-state index contributed by atoms with van der Waals surface area (Å²) in [6.07, 6.45) is 13.2. The Kier molecular flexibility index (Phi) is 2.32. The molecule has 0 fully saturated rings. The molecule has 0 spiro atoms. The van der Waals surface area contributed by atoms with Crippen molar-refractivity contribution < 1.29 is 0 Å². The summed E-state index contributed by atoms with van der Waals surface area (Å²) >= 11 is 0. The maximum absolute atomic E-state index is 2.22. The van der Waals surface area contributed by atoms with Crippen molar-refractivity contribution in [3.05, 3.63) is 36.0 Å². The Morgan fingerprint density at radius 2 is 2.00 bits per heavy atom. The van der Waals surface area contributed by atoms with Crippen molar-refractivity contribution in [1.82, 2.24) is 0 Å². The van der Waals surface area contributed by atoms with Crippen molar-refractivity contribution in [2.45, 2.75) is 19.8 Å². The summed E-state index contributed by atoms with van der Waals surface area (Å²) in [4.78, 5) is 0. The van der Waals surface area contributed by atoms with E-state index in [2.05, 4.69) is 37.3 Å². The van der Waals surface area contributed by atoms with E-state index in [0.29, 0.717) is 0 Å². The van der Waals surface area contributed by atoms with Gasteiger partial charge in [-0.05, 0) is 19.8 Å². The van der Waals surface area contributed by atoms with Crippen LogP contribution in [0.4, 0.5) is 0 Å². The van der Waals surface area contributed by atoms with Crippen LogP contribution in [-0.2, 0) is 0 Å². The lowest BCUT2D eigenvalue weighted by molar-refractivity contribution is 1.05. The molecule has 0 radical (unpaired) electrons. The minimum Gasteiger partial charge on any atom is -0.0842 e. The van der Waals surface area contributed by atoms with Gasteiger partial charge >= 0.3 is 0 Å². The van der Waals surface area contributed by atoms with Crippen molar-refractivity contribution in [3.63, 3.8) is 0 Å². The van der Waals surface area contributed by atoms with Gasteiger partial charge < -0.3 is 0 Å². The highest BCUT2D eigenvalue weighted by Gasteiger charge is 1.82. The van der Waals surface area contributed by atoms with Gasteiger partial charge in [0.05, 0.1) is 0 Å². The zero-order chi connectivity index (χ0) is 6.53. The minimum absolute atomic E-state index is 1.18. The van der Waals surface area contributed by atoms with Gasteiger partial charge in [-0.1, -0.05) is 36.0 Å². The molecule has 48 valence electrons. The predicted octanol–water partition coefficient (Wildman–Crippen LogP) is 2.84. The number of hydrogen-bond acceptors (Lipinski definition) is 0. The first-order chi connectivity index (χ1) is 4.39. The van der Waals surface area contributed by atoms with Gasteiger partial charge in [0.2, 0.25) is 0 Å². The van der Waals surface area contributed by atoms with Crippen LogP contribution >= 0.6 is 0 Å². The smallest absolute Gasteiger partial charge is 0.0313 e. The maximum Gasteiger partial charge on any atom is -0.0313 e. The Morgan fingerprint density at radius 3 is 2.89 bits per heavy atom. The molecule has 0 heteroatoms. The van der Waals surface area contributed by atoms with Crippen molar-refractivity contribution in [3.8, 4) is 0 Å². The molecule has 0 aromatic carbocycles.